The molecule has 2 aromatic rings. The van der Waals surface area contributed by atoms with Gasteiger partial charge in [0.25, 0.3) is 0 Å². The number of ether oxygens (including phenoxy) is 1. The molecule has 106 valence electrons. The zero-order chi connectivity index (χ0) is 13.9. The molecule has 1 aliphatic carbocycles. The van der Waals surface area contributed by atoms with Crippen molar-refractivity contribution in [3.8, 4) is 5.75 Å². The van der Waals surface area contributed by atoms with E-state index in [4.69, 9.17) is 4.74 Å². The fourth-order valence-corrected chi connectivity index (χ4v) is 2.89. The lowest BCUT2D eigenvalue weighted by molar-refractivity contribution is 0.419. The van der Waals surface area contributed by atoms with Gasteiger partial charge in [-0.05, 0) is 36.3 Å². The van der Waals surface area contributed by atoms with Crippen molar-refractivity contribution < 1.29 is 4.74 Å². The number of rotatable bonds is 6. The lowest BCUT2D eigenvalue weighted by Crippen LogP contribution is -2.25. The van der Waals surface area contributed by atoms with Crippen molar-refractivity contribution in [3.63, 3.8) is 0 Å². The van der Waals surface area contributed by atoms with E-state index in [2.05, 4.69) is 48.6 Å². The summed E-state index contributed by atoms with van der Waals surface area (Å²) in [7, 11) is 1.73. The summed E-state index contributed by atoms with van der Waals surface area (Å²) in [5.74, 6) is 1.93. The zero-order valence-corrected chi connectivity index (χ0v) is 12.4. The lowest BCUT2D eigenvalue weighted by Gasteiger charge is -2.15. The third kappa shape index (κ3) is 2.96. The second kappa shape index (κ2) is 5.84. The first-order chi connectivity index (χ1) is 9.78. The second-order valence-corrected chi connectivity index (χ2v) is 5.93. The van der Waals surface area contributed by atoms with Crippen molar-refractivity contribution in [1.82, 2.24) is 5.32 Å². The van der Waals surface area contributed by atoms with Gasteiger partial charge in [0, 0.05) is 18.0 Å². The monoisotopic (exact) mass is 269 g/mol. The van der Waals surface area contributed by atoms with Crippen LogP contribution in [0.15, 0.2) is 36.4 Å². The molecule has 1 fully saturated rings. The van der Waals surface area contributed by atoms with Gasteiger partial charge in [-0.15, -0.1) is 0 Å². The van der Waals surface area contributed by atoms with Crippen LogP contribution in [0.2, 0.25) is 0 Å². The van der Waals surface area contributed by atoms with E-state index in [-0.39, 0.29) is 0 Å². The Bertz CT molecular complexity index is 589. The number of fused-ring (bicyclic) bond motifs is 1. The average Bonchev–Trinajstić information content (AvgIpc) is 3.28. The molecule has 2 heteroatoms. The molecular formula is C18H23NO. The van der Waals surface area contributed by atoms with E-state index in [1.165, 1.54) is 35.6 Å². The molecule has 1 N–H and O–H groups in total. The van der Waals surface area contributed by atoms with Gasteiger partial charge in [-0.1, -0.05) is 43.2 Å². The van der Waals surface area contributed by atoms with E-state index in [0.717, 1.165) is 18.2 Å². The minimum Gasteiger partial charge on any atom is -0.496 e. The molecular weight excluding hydrogens is 246 g/mol. The van der Waals surface area contributed by atoms with Gasteiger partial charge in [0.15, 0.2) is 0 Å². The maximum Gasteiger partial charge on any atom is 0.126 e. The molecule has 1 saturated carbocycles. The first-order valence-electron chi connectivity index (χ1n) is 7.56. The Balaban J connectivity index is 1.77. The van der Waals surface area contributed by atoms with Crippen molar-refractivity contribution in [2.75, 3.05) is 7.11 Å². The van der Waals surface area contributed by atoms with Crippen LogP contribution in [0, 0.1) is 5.92 Å². The summed E-state index contributed by atoms with van der Waals surface area (Å²) < 4.78 is 5.45. The Labute approximate surface area is 121 Å². The van der Waals surface area contributed by atoms with E-state index >= 15 is 0 Å². The van der Waals surface area contributed by atoms with Crippen molar-refractivity contribution >= 4 is 10.8 Å². The highest BCUT2D eigenvalue weighted by Crippen LogP contribution is 2.33. The molecule has 0 saturated heterocycles. The summed E-state index contributed by atoms with van der Waals surface area (Å²) in [4.78, 5) is 0. The smallest absolute Gasteiger partial charge is 0.126 e. The Kier molecular flexibility index (Phi) is 3.93. The lowest BCUT2D eigenvalue weighted by atomic mass is 10.0. The minimum absolute atomic E-state index is 0.600. The molecule has 1 aliphatic rings. The largest absolute Gasteiger partial charge is 0.496 e. The van der Waals surface area contributed by atoms with Gasteiger partial charge >= 0.3 is 0 Å². The normalized spacial score (nSPS) is 16.3. The molecule has 0 amide bonds. The standard InChI is InChI=1S/C18H23NO/c1-13(11-14-7-8-14)19-12-15-9-10-18(20-2)17-6-4-3-5-16(15)17/h3-6,9-10,13-14,19H,7-8,11-12H2,1-2H3. The molecule has 3 rings (SSSR count). The number of hydrogen-bond acceptors (Lipinski definition) is 2. The maximum atomic E-state index is 5.45. The molecule has 0 heterocycles. The van der Waals surface area contributed by atoms with Crippen LogP contribution in [0.1, 0.15) is 31.7 Å². The van der Waals surface area contributed by atoms with Gasteiger partial charge < -0.3 is 10.1 Å². The second-order valence-electron chi connectivity index (χ2n) is 5.93. The highest BCUT2D eigenvalue weighted by molar-refractivity contribution is 5.91. The van der Waals surface area contributed by atoms with Crippen LogP contribution in [0.4, 0.5) is 0 Å². The molecule has 0 radical (unpaired) electrons. The topological polar surface area (TPSA) is 21.3 Å². The van der Waals surface area contributed by atoms with E-state index < -0.39 is 0 Å². The van der Waals surface area contributed by atoms with Crippen molar-refractivity contribution in [2.24, 2.45) is 5.92 Å². The first kappa shape index (κ1) is 13.4. The summed E-state index contributed by atoms with van der Waals surface area (Å²) >= 11 is 0. The highest BCUT2D eigenvalue weighted by atomic mass is 16.5. The van der Waals surface area contributed by atoms with E-state index in [1.54, 1.807) is 7.11 Å². The van der Waals surface area contributed by atoms with Gasteiger partial charge in [-0.25, -0.2) is 0 Å². The summed E-state index contributed by atoms with van der Waals surface area (Å²) in [6.07, 6.45) is 4.17. The number of benzene rings is 2. The van der Waals surface area contributed by atoms with Crippen LogP contribution in [0.5, 0.6) is 5.75 Å². The molecule has 20 heavy (non-hydrogen) atoms. The number of nitrogens with one attached hydrogen (secondary N) is 1. The Morgan fingerprint density at radius 1 is 1.15 bits per heavy atom. The molecule has 0 spiro atoms. The van der Waals surface area contributed by atoms with Crippen molar-refractivity contribution in [2.45, 2.75) is 38.8 Å². The predicted octanol–water partition coefficient (Wildman–Crippen LogP) is 4.13. The van der Waals surface area contributed by atoms with Crippen LogP contribution in [0.3, 0.4) is 0 Å². The molecule has 0 aliphatic heterocycles. The van der Waals surface area contributed by atoms with Gasteiger partial charge in [-0.2, -0.15) is 0 Å². The van der Waals surface area contributed by atoms with Crippen LogP contribution < -0.4 is 10.1 Å². The molecule has 2 nitrogen and oxygen atoms in total. The zero-order valence-electron chi connectivity index (χ0n) is 12.4. The number of methoxy groups -OCH3 is 1. The quantitative estimate of drug-likeness (QED) is 0.851. The van der Waals surface area contributed by atoms with E-state index in [9.17, 15) is 0 Å². The molecule has 1 atom stereocenters. The molecule has 2 aromatic carbocycles. The molecule has 0 bridgehead atoms. The summed E-state index contributed by atoms with van der Waals surface area (Å²) in [5, 5.41) is 6.15. The third-order valence-corrected chi connectivity index (χ3v) is 4.22. The minimum atomic E-state index is 0.600. The fraction of sp³-hybridized carbons (Fsp3) is 0.444. The molecule has 1 unspecified atom stereocenters. The SMILES string of the molecule is COc1ccc(CNC(C)CC2CC2)c2ccccc12. The third-order valence-electron chi connectivity index (χ3n) is 4.22. The number of hydrogen-bond donors (Lipinski definition) is 1. The first-order valence-corrected chi connectivity index (χ1v) is 7.56. The van der Waals surface area contributed by atoms with E-state index in [1.807, 2.05) is 0 Å². The maximum absolute atomic E-state index is 5.45. The van der Waals surface area contributed by atoms with Crippen molar-refractivity contribution in [3.05, 3.63) is 42.0 Å². The Morgan fingerprint density at radius 3 is 2.60 bits per heavy atom. The Hall–Kier alpha value is -1.54. The molecule has 0 aromatic heterocycles. The summed E-state index contributed by atoms with van der Waals surface area (Å²) in [5.41, 5.74) is 1.35. The van der Waals surface area contributed by atoms with Crippen molar-refractivity contribution in [1.29, 1.82) is 0 Å². The van der Waals surface area contributed by atoms with Gasteiger partial charge in [0.2, 0.25) is 0 Å². The fourth-order valence-electron chi connectivity index (χ4n) is 2.89. The Morgan fingerprint density at radius 2 is 1.90 bits per heavy atom. The van der Waals surface area contributed by atoms with Crippen LogP contribution >= 0.6 is 0 Å². The average molecular weight is 269 g/mol. The predicted molar refractivity (Wildman–Crippen MR) is 84.1 cm³/mol. The van der Waals surface area contributed by atoms with Gasteiger partial charge in [-0.3, -0.25) is 0 Å². The van der Waals surface area contributed by atoms with Gasteiger partial charge in [0.05, 0.1) is 7.11 Å². The van der Waals surface area contributed by atoms with Crippen LogP contribution in [-0.2, 0) is 6.54 Å². The van der Waals surface area contributed by atoms with Crippen LogP contribution in [-0.4, -0.2) is 13.2 Å². The highest BCUT2D eigenvalue weighted by Gasteiger charge is 2.23. The van der Waals surface area contributed by atoms with Crippen LogP contribution in [0.25, 0.3) is 10.8 Å². The summed E-state index contributed by atoms with van der Waals surface area (Å²) in [6.45, 7) is 3.22. The van der Waals surface area contributed by atoms with E-state index in [0.29, 0.717) is 6.04 Å². The summed E-state index contributed by atoms with van der Waals surface area (Å²) in [6, 6.07) is 13.3. The van der Waals surface area contributed by atoms with Gasteiger partial charge in [0.1, 0.15) is 5.75 Å².